The Kier molecular flexibility index (Phi) is 3.19. The summed E-state index contributed by atoms with van der Waals surface area (Å²) in [7, 11) is 1.86. The molecule has 1 heterocycles. The Labute approximate surface area is 100 Å². The topological polar surface area (TPSA) is 34.9 Å². The second kappa shape index (κ2) is 4.78. The molecule has 3 heteroatoms. The zero-order chi connectivity index (χ0) is 12.3. The van der Waals surface area contributed by atoms with Gasteiger partial charge in [0, 0.05) is 24.4 Å². The third-order valence-electron chi connectivity index (χ3n) is 2.52. The van der Waals surface area contributed by atoms with Crippen molar-refractivity contribution in [3.8, 4) is 0 Å². The maximum atomic E-state index is 11.8. The first-order chi connectivity index (χ1) is 8.16. The molecular formula is C14H14N2O. The average Bonchev–Trinajstić information content (AvgIpc) is 2.66. The van der Waals surface area contributed by atoms with Crippen LogP contribution in [0.25, 0.3) is 6.08 Å². The number of ketones is 1. The number of aryl methyl sites for hydroxylation is 2. The molecule has 3 nitrogen and oxygen atoms in total. The first-order valence-electron chi connectivity index (χ1n) is 5.44. The Balaban J connectivity index is 2.17. The zero-order valence-corrected chi connectivity index (χ0v) is 9.92. The number of carbonyl (C=O) groups excluding carboxylic acids is 1. The van der Waals surface area contributed by atoms with Crippen molar-refractivity contribution in [2.24, 2.45) is 7.05 Å². The predicted octanol–water partition coefficient (Wildman–Crippen LogP) is 2.62. The van der Waals surface area contributed by atoms with Gasteiger partial charge in [-0.2, -0.15) is 5.10 Å². The Hall–Kier alpha value is -2.16. The molecule has 0 aliphatic rings. The molecule has 1 aromatic carbocycles. The van der Waals surface area contributed by atoms with E-state index in [1.807, 2.05) is 50.5 Å². The van der Waals surface area contributed by atoms with Crippen LogP contribution in [0.2, 0.25) is 0 Å². The van der Waals surface area contributed by atoms with Crippen molar-refractivity contribution in [3.05, 3.63) is 59.4 Å². The summed E-state index contributed by atoms with van der Waals surface area (Å²) in [6.07, 6.45) is 5.28. The van der Waals surface area contributed by atoms with Crippen LogP contribution in [-0.4, -0.2) is 15.6 Å². The third-order valence-corrected chi connectivity index (χ3v) is 2.52. The van der Waals surface area contributed by atoms with Crippen LogP contribution >= 0.6 is 0 Å². The van der Waals surface area contributed by atoms with Gasteiger partial charge in [0.05, 0.1) is 5.69 Å². The van der Waals surface area contributed by atoms with Crippen LogP contribution in [0.1, 0.15) is 21.6 Å². The first-order valence-corrected chi connectivity index (χ1v) is 5.44. The second-order valence-corrected chi connectivity index (χ2v) is 3.91. The Bertz CT molecular complexity index is 553. The molecule has 0 aliphatic heterocycles. The largest absolute Gasteiger partial charge is 0.289 e. The molecule has 2 rings (SSSR count). The van der Waals surface area contributed by atoms with E-state index in [9.17, 15) is 4.79 Å². The molecule has 86 valence electrons. The number of rotatable bonds is 3. The maximum absolute atomic E-state index is 11.8. The number of allylic oxidation sites excluding steroid dienone is 1. The highest BCUT2D eigenvalue weighted by Crippen LogP contribution is 2.08. The molecule has 0 fully saturated rings. The molecule has 0 aliphatic carbocycles. The van der Waals surface area contributed by atoms with Gasteiger partial charge < -0.3 is 0 Å². The fourth-order valence-corrected chi connectivity index (χ4v) is 1.65. The molecule has 0 radical (unpaired) electrons. The molecular weight excluding hydrogens is 212 g/mol. The molecule has 0 unspecified atom stereocenters. The average molecular weight is 226 g/mol. The molecule has 0 amide bonds. The van der Waals surface area contributed by atoms with E-state index in [-0.39, 0.29) is 5.78 Å². The van der Waals surface area contributed by atoms with Gasteiger partial charge in [-0.1, -0.05) is 30.3 Å². The molecule has 0 N–H and O–H groups in total. The summed E-state index contributed by atoms with van der Waals surface area (Å²) >= 11 is 0. The van der Waals surface area contributed by atoms with Gasteiger partial charge in [0.2, 0.25) is 0 Å². The molecule has 0 saturated carbocycles. The SMILES string of the molecule is Cc1nn(C)cc1/C=C\C(=O)c1ccccc1. The number of carbonyl (C=O) groups is 1. The van der Waals surface area contributed by atoms with E-state index in [0.29, 0.717) is 5.56 Å². The van der Waals surface area contributed by atoms with Crippen molar-refractivity contribution in [1.29, 1.82) is 0 Å². The van der Waals surface area contributed by atoms with Crippen LogP contribution in [0, 0.1) is 6.92 Å². The lowest BCUT2D eigenvalue weighted by molar-refractivity contribution is 0.104. The van der Waals surface area contributed by atoms with Gasteiger partial charge in [-0.25, -0.2) is 0 Å². The Morgan fingerprint density at radius 1 is 1.29 bits per heavy atom. The van der Waals surface area contributed by atoms with Gasteiger partial charge in [-0.3, -0.25) is 9.48 Å². The number of hydrogen-bond acceptors (Lipinski definition) is 2. The van der Waals surface area contributed by atoms with Crippen molar-refractivity contribution < 1.29 is 4.79 Å². The maximum Gasteiger partial charge on any atom is 0.185 e. The summed E-state index contributed by atoms with van der Waals surface area (Å²) in [6.45, 7) is 1.92. The zero-order valence-electron chi connectivity index (χ0n) is 9.92. The van der Waals surface area contributed by atoms with E-state index >= 15 is 0 Å². The minimum absolute atomic E-state index is 0.00820. The fourth-order valence-electron chi connectivity index (χ4n) is 1.65. The molecule has 0 spiro atoms. The summed E-state index contributed by atoms with van der Waals surface area (Å²) in [5.74, 6) is 0.00820. The van der Waals surface area contributed by atoms with Crippen molar-refractivity contribution in [2.45, 2.75) is 6.92 Å². The van der Waals surface area contributed by atoms with E-state index in [0.717, 1.165) is 11.3 Å². The highest BCUT2D eigenvalue weighted by atomic mass is 16.1. The van der Waals surface area contributed by atoms with Crippen LogP contribution in [-0.2, 0) is 7.05 Å². The first kappa shape index (κ1) is 11.3. The van der Waals surface area contributed by atoms with Gasteiger partial charge in [0.15, 0.2) is 5.78 Å². The van der Waals surface area contributed by atoms with E-state index in [1.165, 1.54) is 0 Å². The minimum Gasteiger partial charge on any atom is -0.289 e. The van der Waals surface area contributed by atoms with Crippen LogP contribution in [0.4, 0.5) is 0 Å². The lowest BCUT2D eigenvalue weighted by Crippen LogP contribution is -1.92. The van der Waals surface area contributed by atoms with Crippen LogP contribution in [0.3, 0.4) is 0 Å². The van der Waals surface area contributed by atoms with Crippen LogP contribution < -0.4 is 0 Å². The van der Waals surface area contributed by atoms with Crippen molar-refractivity contribution in [2.75, 3.05) is 0 Å². The second-order valence-electron chi connectivity index (χ2n) is 3.91. The molecule has 0 bridgehead atoms. The van der Waals surface area contributed by atoms with Crippen molar-refractivity contribution in [3.63, 3.8) is 0 Å². The number of nitrogens with zero attached hydrogens (tertiary/aromatic N) is 2. The molecule has 17 heavy (non-hydrogen) atoms. The lowest BCUT2D eigenvalue weighted by Gasteiger charge is -1.93. The van der Waals surface area contributed by atoms with Gasteiger partial charge in [-0.05, 0) is 19.1 Å². The molecule has 0 saturated heterocycles. The quantitative estimate of drug-likeness (QED) is 0.595. The van der Waals surface area contributed by atoms with E-state index in [4.69, 9.17) is 0 Å². The van der Waals surface area contributed by atoms with Gasteiger partial charge >= 0.3 is 0 Å². The van der Waals surface area contributed by atoms with Crippen molar-refractivity contribution >= 4 is 11.9 Å². The van der Waals surface area contributed by atoms with Gasteiger partial charge in [0.25, 0.3) is 0 Å². The van der Waals surface area contributed by atoms with Crippen LogP contribution in [0.15, 0.2) is 42.6 Å². The van der Waals surface area contributed by atoms with Crippen molar-refractivity contribution in [1.82, 2.24) is 9.78 Å². The molecule has 0 atom stereocenters. The number of aromatic nitrogens is 2. The standard InChI is InChI=1S/C14H14N2O/c1-11-13(10-16(2)15-11)8-9-14(17)12-6-4-3-5-7-12/h3-10H,1-2H3/b9-8-. The lowest BCUT2D eigenvalue weighted by atomic mass is 10.1. The fraction of sp³-hybridized carbons (Fsp3) is 0.143. The van der Waals surface area contributed by atoms with E-state index in [1.54, 1.807) is 16.8 Å². The summed E-state index contributed by atoms with van der Waals surface area (Å²) in [5.41, 5.74) is 2.59. The molecule has 1 aromatic heterocycles. The number of benzene rings is 1. The summed E-state index contributed by atoms with van der Waals surface area (Å²) < 4.78 is 1.74. The van der Waals surface area contributed by atoms with Gasteiger partial charge in [0.1, 0.15) is 0 Å². The summed E-state index contributed by atoms with van der Waals surface area (Å²) in [4.78, 5) is 11.8. The monoisotopic (exact) mass is 226 g/mol. The third kappa shape index (κ3) is 2.69. The number of hydrogen-bond donors (Lipinski definition) is 0. The smallest absolute Gasteiger partial charge is 0.185 e. The van der Waals surface area contributed by atoms with Crippen LogP contribution in [0.5, 0.6) is 0 Å². The normalized spacial score (nSPS) is 10.9. The Morgan fingerprint density at radius 3 is 2.59 bits per heavy atom. The summed E-state index contributed by atoms with van der Waals surface area (Å²) in [6, 6.07) is 9.23. The minimum atomic E-state index is 0.00820. The highest BCUT2D eigenvalue weighted by Gasteiger charge is 2.02. The summed E-state index contributed by atoms with van der Waals surface area (Å²) in [5, 5.41) is 4.22. The molecule has 2 aromatic rings. The highest BCUT2D eigenvalue weighted by molar-refractivity contribution is 6.06. The Morgan fingerprint density at radius 2 is 2.00 bits per heavy atom. The van der Waals surface area contributed by atoms with Gasteiger partial charge in [-0.15, -0.1) is 0 Å². The van der Waals surface area contributed by atoms with E-state index < -0.39 is 0 Å². The predicted molar refractivity (Wildman–Crippen MR) is 67.8 cm³/mol. The van der Waals surface area contributed by atoms with E-state index in [2.05, 4.69) is 5.10 Å².